The summed E-state index contributed by atoms with van der Waals surface area (Å²) in [4.78, 5) is 43.5. The first-order valence-electron chi connectivity index (χ1n) is 5.52. The third kappa shape index (κ3) is 7.42. The van der Waals surface area contributed by atoms with E-state index in [-0.39, 0.29) is 25.1 Å². The number of carboxylic acid groups (broad SMARTS) is 1. The second kappa shape index (κ2) is 9.34. The first kappa shape index (κ1) is 17.4. The average Bonchev–Trinajstić information content (AvgIpc) is 2.38. The van der Waals surface area contributed by atoms with E-state index in [0.717, 1.165) is 0 Å². The molecule has 0 spiro atoms. The molecule has 0 aliphatic rings. The van der Waals surface area contributed by atoms with Gasteiger partial charge in [-0.1, -0.05) is 0 Å². The molecule has 0 saturated heterocycles. The van der Waals surface area contributed by atoms with Gasteiger partial charge in [-0.05, 0) is 6.42 Å². The molecule has 0 saturated carbocycles. The van der Waals surface area contributed by atoms with Crippen molar-refractivity contribution in [1.82, 2.24) is 10.6 Å². The van der Waals surface area contributed by atoms with Crippen molar-refractivity contribution in [3.63, 3.8) is 0 Å². The molecule has 0 fully saturated rings. The van der Waals surface area contributed by atoms with E-state index in [0.29, 0.717) is 6.29 Å². The summed E-state index contributed by atoms with van der Waals surface area (Å²) < 4.78 is 0. The number of hydrogen-bond acceptors (Lipinski definition) is 6. The highest BCUT2D eigenvalue weighted by Crippen LogP contribution is 1.97. The number of hydrogen-bond donors (Lipinski definition) is 5. The van der Waals surface area contributed by atoms with E-state index in [4.69, 9.17) is 10.8 Å². The molecule has 0 rings (SSSR count). The molecule has 5 N–H and O–H groups in total. The first-order chi connectivity index (χ1) is 8.92. The third-order valence-electron chi connectivity index (χ3n) is 2.19. The molecule has 0 radical (unpaired) electrons. The van der Waals surface area contributed by atoms with Gasteiger partial charge in [-0.2, -0.15) is 12.6 Å². The van der Waals surface area contributed by atoms with Gasteiger partial charge in [0.1, 0.15) is 18.4 Å². The molecular weight excluding hydrogens is 274 g/mol. The number of aldehydes is 1. The number of carbonyl (C=O) groups is 4. The molecule has 2 atom stereocenters. The predicted molar refractivity (Wildman–Crippen MR) is 69.7 cm³/mol. The number of thiol groups is 1. The van der Waals surface area contributed by atoms with Crippen LogP contribution in [0.1, 0.15) is 12.8 Å². The van der Waals surface area contributed by atoms with Crippen molar-refractivity contribution in [2.75, 3.05) is 12.3 Å². The zero-order valence-corrected chi connectivity index (χ0v) is 11.1. The van der Waals surface area contributed by atoms with Crippen LogP contribution in [0.25, 0.3) is 0 Å². The van der Waals surface area contributed by atoms with Crippen LogP contribution in [-0.2, 0) is 19.2 Å². The van der Waals surface area contributed by atoms with Crippen LogP contribution in [0, 0.1) is 0 Å². The molecule has 0 bridgehead atoms. The molecule has 8 nitrogen and oxygen atoms in total. The second-order valence-corrected chi connectivity index (χ2v) is 4.06. The zero-order valence-electron chi connectivity index (χ0n) is 10.2. The van der Waals surface area contributed by atoms with Gasteiger partial charge in [-0.15, -0.1) is 0 Å². The summed E-state index contributed by atoms with van der Waals surface area (Å²) in [5, 5.41) is 13.2. The van der Waals surface area contributed by atoms with Gasteiger partial charge in [0.05, 0.1) is 6.54 Å². The second-order valence-electron chi connectivity index (χ2n) is 3.70. The van der Waals surface area contributed by atoms with Crippen LogP contribution in [0.2, 0.25) is 0 Å². The minimum absolute atomic E-state index is 0.0313. The van der Waals surface area contributed by atoms with Crippen LogP contribution in [0.5, 0.6) is 0 Å². The Kier molecular flexibility index (Phi) is 8.55. The molecule has 0 aromatic heterocycles. The fourth-order valence-electron chi connectivity index (χ4n) is 1.14. The summed E-state index contributed by atoms with van der Waals surface area (Å²) in [6, 6.07) is -2.00. The van der Waals surface area contributed by atoms with Gasteiger partial charge in [0.25, 0.3) is 0 Å². The van der Waals surface area contributed by atoms with Crippen molar-refractivity contribution in [1.29, 1.82) is 0 Å². The van der Waals surface area contributed by atoms with Gasteiger partial charge in [-0.3, -0.25) is 14.4 Å². The summed E-state index contributed by atoms with van der Waals surface area (Å²) in [6.45, 7) is -0.150. The van der Waals surface area contributed by atoms with Crippen molar-refractivity contribution in [2.45, 2.75) is 24.9 Å². The molecular formula is C10H17N3O5S. The summed E-state index contributed by atoms with van der Waals surface area (Å²) in [7, 11) is 0. The molecule has 0 aliphatic carbocycles. The van der Waals surface area contributed by atoms with E-state index < -0.39 is 29.9 Å². The monoisotopic (exact) mass is 291 g/mol. The van der Waals surface area contributed by atoms with E-state index in [9.17, 15) is 19.2 Å². The van der Waals surface area contributed by atoms with Crippen LogP contribution in [0.3, 0.4) is 0 Å². The van der Waals surface area contributed by atoms with E-state index in [1.807, 2.05) is 0 Å². The van der Waals surface area contributed by atoms with Crippen molar-refractivity contribution >= 4 is 36.7 Å². The number of nitrogens with two attached hydrogens (primary N) is 1. The van der Waals surface area contributed by atoms with Crippen molar-refractivity contribution in [3.8, 4) is 0 Å². The standard InChI is InChI=1S/C10H17N3O5S/c11-6(10(17)18)1-2-8(15)13-7(5-19)9(16)12-3-4-14/h4,6-7,19H,1-3,5,11H2,(H,12,16)(H,13,15)(H,17,18)/t6-,7?/m0/s1. The lowest BCUT2D eigenvalue weighted by Crippen LogP contribution is -2.48. The summed E-state index contributed by atoms with van der Waals surface area (Å²) in [5.41, 5.74) is 5.24. The van der Waals surface area contributed by atoms with Gasteiger partial charge in [0, 0.05) is 12.2 Å². The number of aliphatic carboxylic acids is 1. The fourth-order valence-corrected chi connectivity index (χ4v) is 1.39. The van der Waals surface area contributed by atoms with Crippen molar-refractivity contribution in [3.05, 3.63) is 0 Å². The smallest absolute Gasteiger partial charge is 0.320 e. The van der Waals surface area contributed by atoms with E-state index in [1.165, 1.54) is 0 Å². The molecule has 19 heavy (non-hydrogen) atoms. The van der Waals surface area contributed by atoms with Crippen LogP contribution in [0.4, 0.5) is 0 Å². The highest BCUT2D eigenvalue weighted by Gasteiger charge is 2.20. The highest BCUT2D eigenvalue weighted by molar-refractivity contribution is 7.80. The molecule has 2 amide bonds. The normalized spacial score (nSPS) is 13.2. The Balaban J connectivity index is 4.16. The number of rotatable bonds is 9. The number of carbonyl (C=O) groups excluding carboxylic acids is 3. The minimum Gasteiger partial charge on any atom is -0.480 e. The quantitative estimate of drug-likeness (QED) is 0.244. The average molecular weight is 291 g/mol. The van der Waals surface area contributed by atoms with Crippen LogP contribution >= 0.6 is 12.6 Å². The maximum atomic E-state index is 11.5. The lowest BCUT2D eigenvalue weighted by molar-refractivity contribution is -0.138. The largest absolute Gasteiger partial charge is 0.480 e. The van der Waals surface area contributed by atoms with E-state index >= 15 is 0 Å². The van der Waals surface area contributed by atoms with Crippen LogP contribution < -0.4 is 16.4 Å². The summed E-state index contributed by atoms with van der Waals surface area (Å²) >= 11 is 3.91. The lowest BCUT2D eigenvalue weighted by Gasteiger charge is -2.16. The first-order valence-corrected chi connectivity index (χ1v) is 6.15. The number of carboxylic acids is 1. The Morgan fingerprint density at radius 2 is 2.00 bits per heavy atom. The van der Waals surface area contributed by atoms with Gasteiger partial charge >= 0.3 is 5.97 Å². The van der Waals surface area contributed by atoms with Crippen molar-refractivity contribution in [2.24, 2.45) is 5.73 Å². The van der Waals surface area contributed by atoms with E-state index in [1.54, 1.807) is 0 Å². The van der Waals surface area contributed by atoms with Gasteiger partial charge < -0.3 is 26.3 Å². The Hall–Kier alpha value is -1.61. The number of amides is 2. The Bertz CT molecular complexity index is 350. The molecule has 108 valence electrons. The molecule has 1 unspecified atom stereocenters. The highest BCUT2D eigenvalue weighted by atomic mass is 32.1. The van der Waals surface area contributed by atoms with Gasteiger partial charge in [0.2, 0.25) is 11.8 Å². The molecule has 0 aliphatic heterocycles. The van der Waals surface area contributed by atoms with Crippen LogP contribution in [-0.4, -0.2) is 53.6 Å². The van der Waals surface area contributed by atoms with Gasteiger partial charge in [0.15, 0.2) is 0 Å². The Morgan fingerprint density at radius 1 is 1.37 bits per heavy atom. The summed E-state index contributed by atoms with van der Waals surface area (Å²) in [5.74, 6) is -2.17. The predicted octanol–water partition coefficient (Wildman–Crippen LogP) is -2.09. The third-order valence-corrected chi connectivity index (χ3v) is 2.56. The maximum absolute atomic E-state index is 11.5. The number of nitrogens with one attached hydrogen (secondary N) is 2. The lowest BCUT2D eigenvalue weighted by atomic mass is 10.1. The van der Waals surface area contributed by atoms with E-state index in [2.05, 4.69) is 23.3 Å². The maximum Gasteiger partial charge on any atom is 0.320 e. The Morgan fingerprint density at radius 3 is 2.47 bits per heavy atom. The molecule has 0 aromatic rings. The molecule has 0 heterocycles. The van der Waals surface area contributed by atoms with Crippen molar-refractivity contribution < 1.29 is 24.3 Å². The minimum atomic E-state index is -1.19. The van der Waals surface area contributed by atoms with Gasteiger partial charge in [-0.25, -0.2) is 0 Å². The topological polar surface area (TPSA) is 139 Å². The molecule has 9 heteroatoms. The SMILES string of the molecule is N[C@@H](CCC(=O)NC(CS)C(=O)NCC=O)C(=O)O. The van der Waals surface area contributed by atoms with Crippen LogP contribution in [0.15, 0.2) is 0 Å². The summed E-state index contributed by atoms with van der Waals surface area (Å²) in [6.07, 6.45) is 0.371. The fraction of sp³-hybridized carbons (Fsp3) is 0.600. The Labute approximate surface area is 115 Å². The molecule has 0 aromatic carbocycles. The zero-order chi connectivity index (χ0) is 14.8.